The van der Waals surface area contributed by atoms with E-state index in [9.17, 15) is 18.0 Å². The zero-order valence-electron chi connectivity index (χ0n) is 17.4. The van der Waals surface area contributed by atoms with Gasteiger partial charge in [0.15, 0.2) is 0 Å². The summed E-state index contributed by atoms with van der Waals surface area (Å²) in [6, 6.07) is 19.4. The number of hydrogen-bond donors (Lipinski definition) is 2. The van der Waals surface area contributed by atoms with E-state index in [2.05, 4.69) is 5.32 Å². The molecule has 2 N–H and O–H groups in total. The lowest BCUT2D eigenvalue weighted by atomic mass is 10.1. The third kappa shape index (κ3) is 4.09. The van der Waals surface area contributed by atoms with Crippen molar-refractivity contribution in [3.8, 4) is 0 Å². The summed E-state index contributed by atoms with van der Waals surface area (Å²) < 4.78 is 28.2. The Balaban J connectivity index is 1.53. The molecule has 1 unspecified atom stereocenters. The van der Waals surface area contributed by atoms with Gasteiger partial charge in [0.1, 0.15) is 0 Å². The van der Waals surface area contributed by atoms with E-state index in [-0.39, 0.29) is 28.6 Å². The Kier molecular flexibility index (Phi) is 5.71. The molecule has 3 aromatic carbocycles. The number of hydrogen-bond acceptors (Lipinski definition) is 4. The lowest BCUT2D eigenvalue weighted by Gasteiger charge is -2.24. The normalized spacial score (nSPS) is 15.3. The average Bonchev–Trinajstić information content (AvgIpc) is 3.14. The molecule has 0 saturated carbocycles. The van der Waals surface area contributed by atoms with E-state index < -0.39 is 21.9 Å². The Bertz CT molecular complexity index is 1290. The smallest absolute Gasteiger partial charge is 0.335 e. The van der Waals surface area contributed by atoms with Crippen LogP contribution in [-0.4, -0.2) is 31.4 Å². The van der Waals surface area contributed by atoms with E-state index in [1.54, 1.807) is 30.3 Å². The molecule has 164 valence electrons. The summed E-state index contributed by atoms with van der Waals surface area (Å²) in [6.07, 6.45) is 0.635. The van der Waals surface area contributed by atoms with Gasteiger partial charge in [0.05, 0.1) is 16.1 Å². The average molecular weight is 451 g/mol. The number of benzene rings is 3. The van der Waals surface area contributed by atoms with Gasteiger partial charge in [0.2, 0.25) is 0 Å². The minimum Gasteiger partial charge on any atom is -0.478 e. The largest absolute Gasteiger partial charge is 0.478 e. The van der Waals surface area contributed by atoms with Gasteiger partial charge in [-0.1, -0.05) is 36.4 Å². The monoisotopic (exact) mass is 450 g/mol. The van der Waals surface area contributed by atoms with Crippen LogP contribution >= 0.6 is 0 Å². The SMILES string of the molecule is CC1Cc2ccccc2N1S(=O)(=O)c1cccc(C(=O)NCc2ccc(C(=O)O)cc2)c1. The number of nitrogens with one attached hydrogen (secondary N) is 1. The highest BCUT2D eigenvalue weighted by atomic mass is 32.2. The molecule has 0 fully saturated rings. The summed E-state index contributed by atoms with van der Waals surface area (Å²) in [5.74, 6) is -1.44. The van der Waals surface area contributed by atoms with Crippen LogP contribution in [0.25, 0.3) is 0 Å². The molecule has 1 aliphatic heterocycles. The summed E-state index contributed by atoms with van der Waals surface area (Å²) in [4.78, 5) is 23.6. The van der Waals surface area contributed by atoms with Crippen LogP contribution < -0.4 is 9.62 Å². The van der Waals surface area contributed by atoms with E-state index in [0.29, 0.717) is 12.1 Å². The molecule has 4 rings (SSSR count). The zero-order valence-corrected chi connectivity index (χ0v) is 18.2. The van der Waals surface area contributed by atoms with E-state index in [1.807, 2.05) is 25.1 Å². The van der Waals surface area contributed by atoms with Crippen LogP contribution in [0.15, 0.2) is 77.7 Å². The first-order valence-corrected chi connectivity index (χ1v) is 11.5. The quantitative estimate of drug-likeness (QED) is 0.599. The summed E-state index contributed by atoms with van der Waals surface area (Å²) in [7, 11) is -3.84. The van der Waals surface area contributed by atoms with Crippen LogP contribution in [-0.2, 0) is 23.0 Å². The van der Waals surface area contributed by atoms with Gasteiger partial charge in [-0.2, -0.15) is 0 Å². The fraction of sp³-hybridized carbons (Fsp3) is 0.167. The van der Waals surface area contributed by atoms with E-state index in [1.165, 1.54) is 28.6 Å². The Hall–Kier alpha value is -3.65. The number of carboxylic acids is 1. The van der Waals surface area contributed by atoms with Crippen molar-refractivity contribution in [2.24, 2.45) is 0 Å². The number of amides is 1. The zero-order chi connectivity index (χ0) is 22.9. The maximum atomic E-state index is 13.4. The fourth-order valence-electron chi connectivity index (χ4n) is 3.86. The lowest BCUT2D eigenvalue weighted by Crippen LogP contribution is -2.35. The van der Waals surface area contributed by atoms with Crippen LogP contribution in [0.5, 0.6) is 0 Å². The van der Waals surface area contributed by atoms with Gasteiger partial charge in [0.25, 0.3) is 15.9 Å². The van der Waals surface area contributed by atoms with Gasteiger partial charge in [0, 0.05) is 18.2 Å². The highest BCUT2D eigenvalue weighted by molar-refractivity contribution is 7.92. The number of para-hydroxylation sites is 1. The molecule has 8 heteroatoms. The van der Waals surface area contributed by atoms with Gasteiger partial charge in [-0.25, -0.2) is 13.2 Å². The summed E-state index contributed by atoms with van der Waals surface area (Å²) in [5.41, 5.74) is 2.77. The number of carbonyl (C=O) groups is 2. The third-order valence-electron chi connectivity index (χ3n) is 5.45. The van der Waals surface area contributed by atoms with Gasteiger partial charge >= 0.3 is 5.97 Å². The van der Waals surface area contributed by atoms with E-state index >= 15 is 0 Å². The number of fused-ring (bicyclic) bond motifs is 1. The van der Waals surface area contributed by atoms with Gasteiger partial charge < -0.3 is 10.4 Å². The van der Waals surface area contributed by atoms with Crippen molar-refractivity contribution in [3.63, 3.8) is 0 Å². The molecule has 1 amide bonds. The second-order valence-electron chi connectivity index (χ2n) is 7.70. The minimum atomic E-state index is -3.84. The molecule has 0 spiro atoms. The van der Waals surface area contributed by atoms with Crippen molar-refractivity contribution in [2.45, 2.75) is 30.8 Å². The number of sulfonamides is 1. The summed E-state index contributed by atoms with van der Waals surface area (Å²) in [6.45, 7) is 2.05. The maximum absolute atomic E-state index is 13.4. The summed E-state index contributed by atoms with van der Waals surface area (Å²) >= 11 is 0. The predicted octanol–water partition coefficient (Wildman–Crippen LogP) is 3.45. The van der Waals surface area contributed by atoms with Crippen molar-refractivity contribution in [1.82, 2.24) is 5.32 Å². The highest BCUT2D eigenvalue weighted by Gasteiger charge is 2.36. The molecule has 1 heterocycles. The molecule has 7 nitrogen and oxygen atoms in total. The number of anilines is 1. The first-order valence-electron chi connectivity index (χ1n) is 10.1. The molecule has 0 bridgehead atoms. The fourth-order valence-corrected chi connectivity index (χ4v) is 5.60. The first kappa shape index (κ1) is 21.6. The molecule has 0 aromatic heterocycles. The van der Waals surface area contributed by atoms with Gasteiger partial charge in [-0.3, -0.25) is 9.10 Å². The van der Waals surface area contributed by atoms with E-state index in [0.717, 1.165) is 11.1 Å². The number of nitrogens with zero attached hydrogens (tertiary/aromatic N) is 1. The highest BCUT2D eigenvalue weighted by Crippen LogP contribution is 2.36. The Morgan fingerprint density at radius 1 is 1.00 bits per heavy atom. The second kappa shape index (κ2) is 8.47. The molecule has 32 heavy (non-hydrogen) atoms. The maximum Gasteiger partial charge on any atom is 0.335 e. The number of carboxylic acid groups (broad SMARTS) is 1. The standard InChI is InChI=1S/C24H22N2O5S/c1-16-13-19-5-2-3-8-22(19)26(16)32(30,31)21-7-4-6-20(14-21)23(27)25-15-17-9-11-18(12-10-17)24(28)29/h2-12,14,16H,13,15H2,1H3,(H,25,27)(H,28,29). The Labute approximate surface area is 186 Å². The van der Waals surface area contributed by atoms with Crippen molar-refractivity contribution < 1.29 is 23.1 Å². The van der Waals surface area contributed by atoms with Gasteiger partial charge in [-0.15, -0.1) is 0 Å². The summed E-state index contributed by atoms with van der Waals surface area (Å²) in [5, 5.41) is 11.7. The molecule has 1 aliphatic rings. The molecular weight excluding hydrogens is 428 g/mol. The lowest BCUT2D eigenvalue weighted by molar-refractivity contribution is 0.0696. The van der Waals surface area contributed by atoms with Crippen molar-refractivity contribution in [1.29, 1.82) is 0 Å². The van der Waals surface area contributed by atoms with E-state index in [4.69, 9.17) is 5.11 Å². The number of carbonyl (C=O) groups excluding carboxylic acids is 1. The van der Waals surface area contributed by atoms with Crippen LogP contribution in [0, 0.1) is 0 Å². The molecule has 0 aliphatic carbocycles. The first-order chi connectivity index (χ1) is 15.3. The number of rotatable bonds is 6. The third-order valence-corrected chi connectivity index (χ3v) is 7.38. The molecule has 3 aromatic rings. The van der Waals surface area contributed by atoms with Crippen molar-refractivity contribution in [2.75, 3.05) is 4.31 Å². The molecule has 0 saturated heterocycles. The Morgan fingerprint density at radius 3 is 2.44 bits per heavy atom. The van der Waals surface area contributed by atoms with Crippen LogP contribution in [0.4, 0.5) is 5.69 Å². The van der Waals surface area contributed by atoms with Crippen LogP contribution in [0.3, 0.4) is 0 Å². The van der Waals surface area contributed by atoms with Crippen molar-refractivity contribution in [3.05, 3.63) is 95.1 Å². The minimum absolute atomic E-state index is 0.0551. The second-order valence-corrected chi connectivity index (χ2v) is 9.51. The predicted molar refractivity (Wildman–Crippen MR) is 120 cm³/mol. The molecule has 0 radical (unpaired) electrons. The topological polar surface area (TPSA) is 104 Å². The van der Waals surface area contributed by atoms with Crippen molar-refractivity contribution >= 4 is 27.6 Å². The van der Waals surface area contributed by atoms with Crippen LogP contribution in [0.2, 0.25) is 0 Å². The van der Waals surface area contributed by atoms with Crippen LogP contribution in [0.1, 0.15) is 38.8 Å². The molecular formula is C24H22N2O5S. The molecule has 1 atom stereocenters. The van der Waals surface area contributed by atoms with Gasteiger partial charge in [-0.05, 0) is 60.9 Å². The Morgan fingerprint density at radius 2 is 1.72 bits per heavy atom. The number of aromatic carboxylic acids is 1.